The summed E-state index contributed by atoms with van der Waals surface area (Å²) in [5.74, 6) is -0.595. The minimum atomic E-state index is -4.81. The number of alkyl halides is 3. The minimum absolute atomic E-state index is 0.120. The van der Waals surface area contributed by atoms with Crippen LogP contribution < -0.4 is 9.47 Å². The normalized spacial score (nSPS) is 15.5. The van der Waals surface area contributed by atoms with Gasteiger partial charge in [0, 0.05) is 11.6 Å². The van der Waals surface area contributed by atoms with Gasteiger partial charge in [-0.1, -0.05) is 19.9 Å². The Kier molecular flexibility index (Phi) is 7.04. The number of benzene rings is 1. The Labute approximate surface area is 157 Å². The van der Waals surface area contributed by atoms with Gasteiger partial charge < -0.3 is 14.6 Å². The topological polar surface area (TPSA) is 55.4 Å². The molecule has 148 valence electrons. The Morgan fingerprint density at radius 2 is 1.78 bits per heavy atom. The Balaban J connectivity index is 3.22. The Bertz CT molecular complexity index is 749. The molecule has 5 nitrogen and oxygen atoms in total. The fourth-order valence-corrected chi connectivity index (χ4v) is 3.01. The molecule has 0 saturated heterocycles. The molecule has 0 amide bonds. The van der Waals surface area contributed by atoms with Gasteiger partial charge in [0.25, 0.3) is 0 Å². The van der Waals surface area contributed by atoms with Gasteiger partial charge in [-0.25, -0.2) is 0 Å². The maximum Gasteiger partial charge on any atom is 0.573 e. The average Bonchev–Trinajstić information content (AvgIpc) is 2.51. The monoisotopic (exact) mass is 385 g/mol. The fourth-order valence-electron chi connectivity index (χ4n) is 3.01. The average molecular weight is 385 g/mol. The number of hydrogen-bond donors (Lipinski definition) is 1. The molecule has 0 heterocycles. The van der Waals surface area contributed by atoms with Crippen LogP contribution in [0.25, 0.3) is 4.85 Å². The van der Waals surface area contributed by atoms with Crippen LogP contribution in [0.1, 0.15) is 34.6 Å². The minimum Gasteiger partial charge on any atom is -0.484 e. The fraction of sp³-hybridized carbons (Fsp3) is 0.474. The molecule has 0 aliphatic carbocycles. The second kappa shape index (κ2) is 8.44. The predicted octanol–water partition coefficient (Wildman–Crippen LogP) is 5.02. The lowest BCUT2D eigenvalue weighted by molar-refractivity contribution is -0.274. The van der Waals surface area contributed by atoms with E-state index in [9.17, 15) is 18.3 Å². The molecule has 1 unspecified atom stereocenters. The third kappa shape index (κ3) is 5.73. The molecule has 0 radical (unpaired) electrons. The lowest BCUT2D eigenvalue weighted by atomic mass is 9.72. The van der Waals surface area contributed by atoms with Gasteiger partial charge in [-0.15, -0.1) is 13.2 Å². The van der Waals surface area contributed by atoms with E-state index in [0.29, 0.717) is 5.57 Å². The number of hydrogen-bond acceptors (Lipinski definition) is 4. The summed E-state index contributed by atoms with van der Waals surface area (Å²) < 4.78 is 47.0. The second-order valence-corrected chi connectivity index (χ2v) is 6.78. The van der Waals surface area contributed by atoms with E-state index < -0.39 is 23.3 Å². The SMILES string of the molecule is C#[N+]/C=N\C=C(/C)C(O)(C(C)C)C(C)(C)Oc1cccc(OC(F)(F)F)c1. The summed E-state index contributed by atoms with van der Waals surface area (Å²) in [4.78, 5) is 7.12. The van der Waals surface area contributed by atoms with Crippen molar-refractivity contribution in [2.24, 2.45) is 10.9 Å². The number of nitrogens with zero attached hydrogens (tertiary/aromatic N) is 2. The van der Waals surface area contributed by atoms with Gasteiger partial charge in [0.2, 0.25) is 0 Å². The molecule has 0 saturated carbocycles. The maximum absolute atomic E-state index is 12.4. The molecular weight excluding hydrogens is 361 g/mol. The molecule has 8 heteroatoms. The molecule has 1 aromatic rings. The van der Waals surface area contributed by atoms with E-state index in [0.717, 1.165) is 18.5 Å². The molecule has 0 bridgehead atoms. The van der Waals surface area contributed by atoms with Crippen molar-refractivity contribution in [1.29, 1.82) is 0 Å². The number of rotatable bonds is 7. The zero-order valence-electron chi connectivity index (χ0n) is 15.9. The highest BCUT2D eigenvalue weighted by molar-refractivity contribution is 5.67. The smallest absolute Gasteiger partial charge is 0.484 e. The molecule has 0 aliphatic heterocycles. The highest BCUT2D eigenvalue weighted by Gasteiger charge is 2.50. The number of aliphatic hydroxyl groups is 1. The highest BCUT2D eigenvalue weighted by atomic mass is 19.4. The standard InChI is InChI=1S/C19H24F3N2O3/c1-13(2)18(25,14(3)11-24-12-23-6)17(4,5)26-15-8-7-9-16(10-15)27-19(20,21)22/h6-13,25H,1-5H3/q+1/b14-11+,24-12-. The molecule has 1 aromatic carbocycles. The molecule has 0 aliphatic rings. The third-order valence-electron chi connectivity index (χ3n) is 4.17. The van der Waals surface area contributed by atoms with E-state index in [1.165, 1.54) is 18.3 Å². The largest absolute Gasteiger partial charge is 0.573 e. The number of halogens is 3. The first kappa shape index (κ1) is 22.5. The summed E-state index contributed by atoms with van der Waals surface area (Å²) in [5.41, 5.74) is -2.22. The first-order valence-electron chi connectivity index (χ1n) is 8.19. The summed E-state index contributed by atoms with van der Waals surface area (Å²) >= 11 is 0. The van der Waals surface area contributed by atoms with Gasteiger partial charge in [-0.2, -0.15) is 4.85 Å². The van der Waals surface area contributed by atoms with E-state index in [1.54, 1.807) is 34.6 Å². The predicted molar refractivity (Wildman–Crippen MR) is 98.2 cm³/mol. The van der Waals surface area contributed by atoms with Crippen molar-refractivity contribution in [3.8, 4) is 18.1 Å². The molecule has 1 N–H and O–H groups in total. The zero-order chi connectivity index (χ0) is 20.9. The van der Waals surface area contributed by atoms with E-state index in [1.807, 2.05) is 0 Å². The van der Waals surface area contributed by atoms with Crippen molar-refractivity contribution in [1.82, 2.24) is 0 Å². The van der Waals surface area contributed by atoms with Gasteiger partial charge in [0.05, 0.1) is 0 Å². The molecule has 0 fully saturated rings. The van der Waals surface area contributed by atoms with Gasteiger partial charge in [0.1, 0.15) is 35.5 Å². The summed E-state index contributed by atoms with van der Waals surface area (Å²) in [5, 5.41) is 11.4. The van der Waals surface area contributed by atoms with Crippen molar-refractivity contribution in [3.05, 3.63) is 40.9 Å². The van der Waals surface area contributed by atoms with Gasteiger partial charge >= 0.3 is 12.7 Å². The molecule has 27 heavy (non-hydrogen) atoms. The second-order valence-electron chi connectivity index (χ2n) is 6.78. The molecular formula is C19H24F3N2O3+. The highest BCUT2D eigenvalue weighted by Crippen LogP contribution is 2.40. The lowest BCUT2D eigenvalue weighted by Crippen LogP contribution is -2.58. The van der Waals surface area contributed by atoms with Crippen LogP contribution in [0.2, 0.25) is 0 Å². The van der Waals surface area contributed by atoms with Crippen LogP contribution in [0.4, 0.5) is 13.2 Å². The van der Waals surface area contributed by atoms with Crippen LogP contribution >= 0.6 is 0 Å². The molecule has 1 rings (SSSR count). The maximum atomic E-state index is 12.4. The zero-order valence-corrected chi connectivity index (χ0v) is 15.9. The van der Waals surface area contributed by atoms with Crippen LogP contribution in [-0.2, 0) is 0 Å². The lowest BCUT2D eigenvalue weighted by Gasteiger charge is -2.45. The molecule has 0 aromatic heterocycles. The van der Waals surface area contributed by atoms with Crippen LogP contribution in [0.3, 0.4) is 0 Å². The summed E-state index contributed by atoms with van der Waals surface area (Å²) in [6.45, 7) is 13.5. The van der Waals surface area contributed by atoms with Crippen LogP contribution in [-0.4, -0.2) is 29.0 Å². The van der Waals surface area contributed by atoms with E-state index in [-0.39, 0.29) is 11.7 Å². The summed E-state index contributed by atoms with van der Waals surface area (Å²) in [6.07, 6.45) is -2.28. The van der Waals surface area contributed by atoms with E-state index in [4.69, 9.17) is 11.3 Å². The summed E-state index contributed by atoms with van der Waals surface area (Å²) in [7, 11) is 0. The summed E-state index contributed by atoms with van der Waals surface area (Å²) in [6, 6.07) is 5.13. The van der Waals surface area contributed by atoms with Crippen molar-refractivity contribution in [2.45, 2.75) is 52.2 Å². The van der Waals surface area contributed by atoms with Gasteiger partial charge in [0.15, 0.2) is 0 Å². The number of ether oxygens (including phenoxy) is 2. The van der Waals surface area contributed by atoms with E-state index >= 15 is 0 Å². The van der Waals surface area contributed by atoms with Crippen LogP contribution in [0, 0.1) is 12.5 Å². The van der Waals surface area contributed by atoms with Gasteiger partial charge in [-0.3, -0.25) is 0 Å². The molecule has 1 atom stereocenters. The van der Waals surface area contributed by atoms with E-state index in [2.05, 4.69) is 14.6 Å². The molecule has 0 spiro atoms. The van der Waals surface area contributed by atoms with Crippen LogP contribution in [0.5, 0.6) is 11.5 Å². The van der Waals surface area contributed by atoms with Crippen molar-refractivity contribution < 1.29 is 27.8 Å². The van der Waals surface area contributed by atoms with Crippen molar-refractivity contribution in [3.63, 3.8) is 0 Å². The Morgan fingerprint density at radius 3 is 2.26 bits per heavy atom. The van der Waals surface area contributed by atoms with Gasteiger partial charge in [-0.05, 0) is 43.8 Å². The number of aliphatic imine (C=N–C) groups is 1. The Morgan fingerprint density at radius 1 is 1.22 bits per heavy atom. The van der Waals surface area contributed by atoms with Crippen LogP contribution in [0.15, 0.2) is 41.0 Å². The third-order valence-corrected chi connectivity index (χ3v) is 4.17. The van der Waals surface area contributed by atoms with Crippen molar-refractivity contribution >= 4 is 6.34 Å². The Hall–Kier alpha value is -2.53. The quantitative estimate of drug-likeness (QED) is 0.529. The van der Waals surface area contributed by atoms with Crippen molar-refractivity contribution in [2.75, 3.05) is 0 Å². The first-order valence-corrected chi connectivity index (χ1v) is 8.19. The first-order chi connectivity index (χ1) is 12.3.